The summed E-state index contributed by atoms with van der Waals surface area (Å²) >= 11 is 0. The number of hydrogen-bond acceptors (Lipinski definition) is 4. The molecule has 2 saturated carbocycles. The normalized spacial score (nSPS) is 26.6. The molecule has 1 N–H and O–H groups in total. The monoisotopic (exact) mass is 558 g/mol. The summed E-state index contributed by atoms with van der Waals surface area (Å²) in [5, 5.41) is 8.78. The predicted octanol–water partition coefficient (Wildman–Crippen LogP) is 8.54. The molecule has 0 aromatic heterocycles. The molecule has 5 atom stereocenters. The van der Waals surface area contributed by atoms with E-state index in [0.29, 0.717) is 40.8 Å². The molecular weight excluding hydrogens is 512 g/mol. The van der Waals surface area contributed by atoms with Crippen LogP contribution in [-0.4, -0.2) is 22.8 Å². The van der Waals surface area contributed by atoms with Crippen LogP contribution in [0.15, 0.2) is 48.5 Å². The molecule has 0 saturated heterocycles. The Kier molecular flexibility index (Phi) is 9.62. The molecule has 0 radical (unpaired) electrons. The number of carboxylic acids is 1. The van der Waals surface area contributed by atoms with Crippen molar-refractivity contribution in [3.8, 4) is 5.75 Å². The van der Waals surface area contributed by atoms with Gasteiger partial charge >= 0.3 is 11.9 Å². The molecule has 0 bridgehead atoms. The highest BCUT2D eigenvalue weighted by Gasteiger charge is 2.56. The quantitative estimate of drug-likeness (QED) is 0.151. The van der Waals surface area contributed by atoms with Crippen molar-refractivity contribution in [3.63, 3.8) is 0 Å². The van der Waals surface area contributed by atoms with Crippen molar-refractivity contribution in [1.29, 1.82) is 0 Å². The number of carboxylic acid groups (broad SMARTS) is 1. The highest BCUT2D eigenvalue weighted by molar-refractivity contribution is 5.91. The molecule has 5 rings (SSSR count). The molecule has 0 spiro atoms. The summed E-state index contributed by atoms with van der Waals surface area (Å²) in [4.78, 5) is 36.4. The van der Waals surface area contributed by atoms with Crippen molar-refractivity contribution in [2.24, 2.45) is 23.2 Å². The van der Waals surface area contributed by atoms with Crippen molar-refractivity contribution in [1.82, 2.24) is 0 Å². The standard InChI is InChI=1S/C36H46O5/c1-36-22-21-30-29-18-17-28(41-35(40)25-13-10-8-11-14-25)24-27(29)23-26(34(30)31(36)19-20-32(36)37)15-9-6-4-2-3-5-7-12-16-33(38)39/h8,10-11,13-14,17-18,24,26,30-31,34H,2-7,9,12,15-16,19-23H2,1H3,(H,38,39)/t26-,30?,31?,34?,36+/m1/s1. The van der Waals surface area contributed by atoms with Gasteiger partial charge in [0.15, 0.2) is 0 Å². The molecule has 3 aliphatic carbocycles. The summed E-state index contributed by atoms with van der Waals surface area (Å²) in [5.74, 6) is 2.16. The van der Waals surface area contributed by atoms with Crippen LogP contribution in [0.3, 0.4) is 0 Å². The van der Waals surface area contributed by atoms with Crippen LogP contribution in [0.25, 0.3) is 0 Å². The Morgan fingerprint density at radius 1 is 0.927 bits per heavy atom. The lowest BCUT2D eigenvalue weighted by molar-refractivity contribution is -0.137. The van der Waals surface area contributed by atoms with Gasteiger partial charge in [0, 0.05) is 18.3 Å². The number of unbranched alkanes of at least 4 members (excludes halogenated alkanes) is 7. The van der Waals surface area contributed by atoms with E-state index in [9.17, 15) is 14.4 Å². The Morgan fingerprint density at radius 3 is 2.37 bits per heavy atom. The van der Waals surface area contributed by atoms with Gasteiger partial charge < -0.3 is 9.84 Å². The van der Waals surface area contributed by atoms with Crippen molar-refractivity contribution in [2.45, 2.75) is 109 Å². The van der Waals surface area contributed by atoms with Gasteiger partial charge in [-0.1, -0.05) is 76.1 Å². The van der Waals surface area contributed by atoms with Crippen LogP contribution in [0.1, 0.15) is 124 Å². The Morgan fingerprint density at radius 2 is 1.63 bits per heavy atom. The topological polar surface area (TPSA) is 80.7 Å². The number of carbonyl (C=O) groups excluding carboxylic acids is 2. The first-order valence-electron chi connectivity index (χ1n) is 16.0. The van der Waals surface area contributed by atoms with E-state index in [1.807, 2.05) is 24.3 Å². The number of ether oxygens (including phenoxy) is 1. The second kappa shape index (κ2) is 13.4. The van der Waals surface area contributed by atoms with E-state index < -0.39 is 5.97 Å². The first-order chi connectivity index (χ1) is 19.9. The summed E-state index contributed by atoms with van der Waals surface area (Å²) < 4.78 is 5.80. The minimum Gasteiger partial charge on any atom is -0.481 e. The Balaban J connectivity index is 1.23. The highest BCUT2D eigenvalue weighted by atomic mass is 16.5. The van der Waals surface area contributed by atoms with Gasteiger partial charge in [-0.25, -0.2) is 4.79 Å². The first kappa shape index (κ1) is 29.5. The summed E-state index contributed by atoms with van der Waals surface area (Å²) in [6.07, 6.45) is 15.3. The molecule has 220 valence electrons. The van der Waals surface area contributed by atoms with Gasteiger partial charge in [0.25, 0.3) is 0 Å². The maximum Gasteiger partial charge on any atom is 0.343 e. The average Bonchev–Trinajstić information content (AvgIpc) is 3.27. The van der Waals surface area contributed by atoms with Crippen LogP contribution in [0.2, 0.25) is 0 Å². The summed E-state index contributed by atoms with van der Waals surface area (Å²) in [7, 11) is 0. The van der Waals surface area contributed by atoms with E-state index >= 15 is 0 Å². The number of carbonyl (C=O) groups is 3. The van der Waals surface area contributed by atoms with Crippen LogP contribution in [0.5, 0.6) is 5.75 Å². The number of rotatable bonds is 13. The van der Waals surface area contributed by atoms with E-state index in [2.05, 4.69) is 19.1 Å². The highest BCUT2D eigenvalue weighted by Crippen LogP contribution is 2.61. The van der Waals surface area contributed by atoms with E-state index in [-0.39, 0.29) is 17.8 Å². The molecule has 2 aromatic rings. The molecule has 3 unspecified atom stereocenters. The average molecular weight is 559 g/mol. The summed E-state index contributed by atoms with van der Waals surface area (Å²) in [5.41, 5.74) is 3.14. The van der Waals surface area contributed by atoms with Gasteiger partial charge in [-0.3, -0.25) is 9.59 Å². The van der Waals surface area contributed by atoms with Crippen LogP contribution < -0.4 is 4.74 Å². The van der Waals surface area contributed by atoms with Gasteiger partial charge in [0.2, 0.25) is 0 Å². The fourth-order valence-corrected chi connectivity index (χ4v) is 8.37. The first-order valence-corrected chi connectivity index (χ1v) is 16.0. The SMILES string of the molecule is C[C@]12CCC3c4ccc(OC(=O)c5ccccc5)cc4C[C@@H](CCCCCCCCCCC(=O)O)C3C1CCC2=O. The van der Waals surface area contributed by atoms with Gasteiger partial charge in [-0.15, -0.1) is 0 Å². The summed E-state index contributed by atoms with van der Waals surface area (Å²) in [6, 6.07) is 15.4. The van der Waals surface area contributed by atoms with Crippen LogP contribution >= 0.6 is 0 Å². The molecule has 0 amide bonds. The molecule has 0 aliphatic heterocycles. The largest absolute Gasteiger partial charge is 0.481 e. The van der Waals surface area contributed by atoms with E-state index in [1.54, 1.807) is 12.1 Å². The van der Waals surface area contributed by atoms with E-state index in [4.69, 9.17) is 9.84 Å². The van der Waals surface area contributed by atoms with E-state index in [1.165, 1.54) is 49.7 Å². The number of Topliss-reactive ketones (excluding diaryl/α,β-unsaturated/α-hetero) is 1. The van der Waals surface area contributed by atoms with Crippen molar-refractivity contribution in [3.05, 3.63) is 65.2 Å². The summed E-state index contributed by atoms with van der Waals surface area (Å²) in [6.45, 7) is 2.25. The lowest BCUT2D eigenvalue weighted by Crippen LogP contribution is -2.46. The van der Waals surface area contributed by atoms with Crippen molar-refractivity contribution in [2.75, 3.05) is 0 Å². The zero-order valence-electron chi connectivity index (χ0n) is 24.6. The minimum atomic E-state index is -0.692. The van der Waals surface area contributed by atoms with Gasteiger partial charge in [0.05, 0.1) is 5.56 Å². The molecular formula is C36H46O5. The number of aliphatic carboxylic acids is 1. The zero-order chi connectivity index (χ0) is 28.8. The molecule has 5 nitrogen and oxygen atoms in total. The van der Waals surface area contributed by atoms with Crippen LogP contribution in [-0.2, 0) is 16.0 Å². The number of hydrogen-bond donors (Lipinski definition) is 1. The second-order valence-electron chi connectivity index (χ2n) is 13.0. The fraction of sp³-hybridized carbons (Fsp3) is 0.583. The predicted molar refractivity (Wildman–Crippen MR) is 160 cm³/mol. The van der Waals surface area contributed by atoms with Gasteiger partial charge in [-0.2, -0.15) is 0 Å². The minimum absolute atomic E-state index is 0.150. The Labute approximate surface area is 245 Å². The number of ketones is 1. The third kappa shape index (κ3) is 6.76. The van der Waals surface area contributed by atoms with Crippen LogP contribution in [0, 0.1) is 23.2 Å². The van der Waals surface area contributed by atoms with Crippen LogP contribution in [0.4, 0.5) is 0 Å². The maximum absolute atomic E-state index is 13.0. The number of benzene rings is 2. The Bertz CT molecular complexity index is 1220. The third-order valence-electron chi connectivity index (χ3n) is 10.5. The zero-order valence-corrected chi connectivity index (χ0v) is 24.6. The lowest BCUT2D eigenvalue weighted by Gasteiger charge is -2.51. The smallest absolute Gasteiger partial charge is 0.343 e. The number of esters is 1. The Hall–Kier alpha value is -2.95. The van der Waals surface area contributed by atoms with Gasteiger partial charge in [0.1, 0.15) is 11.5 Å². The van der Waals surface area contributed by atoms with Crippen molar-refractivity contribution >= 4 is 17.7 Å². The van der Waals surface area contributed by atoms with Gasteiger partial charge in [-0.05, 0) is 97.6 Å². The molecule has 0 heterocycles. The molecule has 5 heteroatoms. The third-order valence-corrected chi connectivity index (χ3v) is 10.5. The molecule has 41 heavy (non-hydrogen) atoms. The van der Waals surface area contributed by atoms with E-state index in [0.717, 1.165) is 51.4 Å². The number of fused-ring (bicyclic) bond motifs is 5. The fourth-order valence-electron chi connectivity index (χ4n) is 8.37. The molecule has 3 aliphatic rings. The molecule has 2 aromatic carbocycles. The lowest BCUT2D eigenvalue weighted by atomic mass is 9.52. The second-order valence-corrected chi connectivity index (χ2v) is 13.0. The molecule has 2 fully saturated rings. The maximum atomic E-state index is 13.0. The van der Waals surface area contributed by atoms with Crippen molar-refractivity contribution < 1.29 is 24.2 Å².